The van der Waals surface area contributed by atoms with Crippen molar-refractivity contribution in [3.05, 3.63) is 0 Å². The Morgan fingerprint density at radius 1 is 1.23 bits per heavy atom. The molecule has 3 atom stereocenters. The predicted molar refractivity (Wildman–Crippen MR) is 80.5 cm³/mol. The number of piperidine rings is 1. The number of carbonyl (C=O) groups is 2. The highest BCUT2D eigenvalue weighted by Crippen LogP contribution is 2.62. The van der Waals surface area contributed by atoms with Crippen molar-refractivity contribution in [3.63, 3.8) is 0 Å². The molecule has 0 unspecified atom stereocenters. The van der Waals surface area contributed by atoms with Crippen LogP contribution in [0.15, 0.2) is 0 Å². The zero-order chi connectivity index (χ0) is 16.5. The van der Waals surface area contributed by atoms with Gasteiger partial charge < -0.3 is 14.9 Å². The summed E-state index contributed by atoms with van der Waals surface area (Å²) in [5, 5.41) is 18.2. The summed E-state index contributed by atoms with van der Waals surface area (Å²) in [4.78, 5) is 25.3. The van der Waals surface area contributed by atoms with Gasteiger partial charge in [-0.1, -0.05) is 12.8 Å². The second-order valence-corrected chi connectivity index (χ2v) is 7.56. The Hall–Kier alpha value is -1.30. The smallest absolute Gasteiger partial charge is 0.411 e. The van der Waals surface area contributed by atoms with Crippen LogP contribution in [0.1, 0.15) is 59.3 Å². The van der Waals surface area contributed by atoms with Gasteiger partial charge in [-0.15, -0.1) is 0 Å². The molecule has 1 aliphatic carbocycles. The molecule has 0 aromatic rings. The lowest BCUT2D eigenvalue weighted by molar-refractivity contribution is -0.142. The fourth-order valence-corrected chi connectivity index (χ4v) is 3.55. The first-order valence-electron chi connectivity index (χ1n) is 8.05. The molecule has 0 spiro atoms. The summed E-state index contributed by atoms with van der Waals surface area (Å²) < 4.78 is 5.38. The number of nitrogens with zero attached hydrogens (tertiary/aromatic N) is 1. The van der Waals surface area contributed by atoms with E-state index in [-0.39, 0.29) is 18.1 Å². The molecule has 1 aliphatic heterocycles. The quantitative estimate of drug-likeness (QED) is 0.735. The summed E-state index contributed by atoms with van der Waals surface area (Å²) in [6, 6.07) is -0.774. The van der Waals surface area contributed by atoms with E-state index < -0.39 is 23.7 Å². The van der Waals surface area contributed by atoms with Gasteiger partial charge >= 0.3 is 12.1 Å². The topological polar surface area (TPSA) is 87.1 Å². The minimum Gasteiger partial charge on any atom is -0.480 e. The fraction of sp³-hybridized carbons (Fsp3) is 0.875. The number of aliphatic hydroxyl groups excluding tert-OH is 1. The molecule has 1 amide bonds. The van der Waals surface area contributed by atoms with Crippen molar-refractivity contribution in [1.29, 1.82) is 0 Å². The summed E-state index contributed by atoms with van der Waals surface area (Å²) in [5.74, 6) is -0.951. The van der Waals surface area contributed by atoms with Crippen LogP contribution in [0, 0.1) is 5.41 Å². The SMILES string of the molecule is CC(C)(C)OC(=O)N1[C@H](C(=O)O)C[C@@]2(CCCCCO)C[C@@H]12. The molecule has 6 heteroatoms. The zero-order valence-electron chi connectivity index (χ0n) is 13.7. The van der Waals surface area contributed by atoms with E-state index in [4.69, 9.17) is 9.84 Å². The normalized spacial score (nSPS) is 30.1. The minimum atomic E-state index is -0.951. The molecule has 2 N–H and O–H groups in total. The Balaban J connectivity index is 2.01. The van der Waals surface area contributed by atoms with Gasteiger partial charge in [-0.3, -0.25) is 4.90 Å². The molecule has 0 aromatic carbocycles. The molecule has 126 valence electrons. The van der Waals surface area contributed by atoms with Crippen molar-refractivity contribution in [1.82, 2.24) is 4.90 Å². The van der Waals surface area contributed by atoms with Gasteiger partial charge in [0.2, 0.25) is 0 Å². The molecule has 0 aromatic heterocycles. The Morgan fingerprint density at radius 2 is 1.91 bits per heavy atom. The van der Waals surface area contributed by atoms with Crippen molar-refractivity contribution in [3.8, 4) is 0 Å². The Kier molecular flexibility index (Phi) is 4.70. The molecule has 22 heavy (non-hydrogen) atoms. The van der Waals surface area contributed by atoms with Crippen LogP contribution in [0.2, 0.25) is 0 Å². The summed E-state index contributed by atoms with van der Waals surface area (Å²) in [6.07, 6.45) is 4.47. The molecule has 1 heterocycles. The molecule has 1 saturated heterocycles. The summed E-state index contributed by atoms with van der Waals surface area (Å²) >= 11 is 0. The van der Waals surface area contributed by atoms with E-state index in [2.05, 4.69) is 0 Å². The number of fused-ring (bicyclic) bond motifs is 1. The number of carbonyl (C=O) groups excluding carboxylic acids is 1. The van der Waals surface area contributed by atoms with Crippen LogP contribution in [0.5, 0.6) is 0 Å². The monoisotopic (exact) mass is 313 g/mol. The number of hydrogen-bond donors (Lipinski definition) is 2. The third-order valence-corrected chi connectivity index (χ3v) is 4.64. The maximum atomic E-state index is 12.3. The molecular weight excluding hydrogens is 286 g/mol. The number of carboxylic acid groups (broad SMARTS) is 1. The number of aliphatic hydroxyl groups is 1. The average Bonchev–Trinajstić information content (AvgIpc) is 2.97. The van der Waals surface area contributed by atoms with E-state index in [1.807, 2.05) is 0 Å². The van der Waals surface area contributed by atoms with E-state index in [0.717, 1.165) is 32.1 Å². The van der Waals surface area contributed by atoms with Crippen LogP contribution in [0.4, 0.5) is 4.79 Å². The lowest BCUT2D eigenvalue weighted by atomic mass is 9.93. The predicted octanol–water partition coefficient (Wildman–Crippen LogP) is 2.39. The summed E-state index contributed by atoms with van der Waals surface area (Å²) in [6.45, 7) is 5.54. The summed E-state index contributed by atoms with van der Waals surface area (Å²) in [5.41, 5.74) is -0.670. The van der Waals surface area contributed by atoms with Gasteiger partial charge in [-0.25, -0.2) is 9.59 Å². The number of unbranched alkanes of at least 4 members (excludes halogenated alkanes) is 2. The van der Waals surface area contributed by atoms with Gasteiger partial charge in [0, 0.05) is 12.6 Å². The standard InChI is InChI=1S/C16H27NO5/c1-15(2,3)22-14(21)17-11(13(19)20)9-16(10-12(16)17)7-5-4-6-8-18/h11-12,18H,4-10H2,1-3H3,(H,19,20)/t11-,12+,16-/m0/s1. The largest absolute Gasteiger partial charge is 0.480 e. The van der Waals surface area contributed by atoms with E-state index in [1.165, 1.54) is 4.90 Å². The van der Waals surface area contributed by atoms with Gasteiger partial charge in [-0.05, 0) is 51.9 Å². The number of amides is 1. The third kappa shape index (κ3) is 3.54. The van der Waals surface area contributed by atoms with Gasteiger partial charge in [0.15, 0.2) is 0 Å². The second kappa shape index (κ2) is 6.07. The van der Waals surface area contributed by atoms with Crippen LogP contribution in [-0.2, 0) is 9.53 Å². The number of aliphatic carboxylic acids is 1. The molecule has 6 nitrogen and oxygen atoms in total. The van der Waals surface area contributed by atoms with E-state index in [9.17, 15) is 14.7 Å². The van der Waals surface area contributed by atoms with Crippen LogP contribution in [-0.4, -0.2) is 51.5 Å². The fourth-order valence-electron chi connectivity index (χ4n) is 3.55. The highest BCUT2D eigenvalue weighted by molar-refractivity contribution is 5.82. The van der Waals surface area contributed by atoms with Crippen molar-refractivity contribution in [2.24, 2.45) is 5.41 Å². The lowest BCUT2D eigenvalue weighted by Crippen LogP contribution is -2.45. The highest BCUT2D eigenvalue weighted by atomic mass is 16.6. The number of carboxylic acids is 1. The van der Waals surface area contributed by atoms with Crippen LogP contribution >= 0.6 is 0 Å². The first-order chi connectivity index (χ1) is 10.2. The Bertz CT molecular complexity index is 444. The van der Waals surface area contributed by atoms with E-state index in [1.54, 1.807) is 20.8 Å². The summed E-state index contributed by atoms with van der Waals surface area (Å²) in [7, 11) is 0. The number of rotatable bonds is 6. The van der Waals surface area contributed by atoms with E-state index >= 15 is 0 Å². The zero-order valence-corrected chi connectivity index (χ0v) is 13.7. The molecule has 2 fully saturated rings. The van der Waals surface area contributed by atoms with Crippen LogP contribution in [0.25, 0.3) is 0 Å². The molecule has 0 bridgehead atoms. The third-order valence-electron chi connectivity index (χ3n) is 4.64. The van der Waals surface area contributed by atoms with Gasteiger partial charge in [0.25, 0.3) is 0 Å². The van der Waals surface area contributed by atoms with Gasteiger partial charge in [-0.2, -0.15) is 0 Å². The van der Waals surface area contributed by atoms with Gasteiger partial charge in [0.05, 0.1) is 0 Å². The molecule has 1 saturated carbocycles. The van der Waals surface area contributed by atoms with Gasteiger partial charge in [0.1, 0.15) is 11.6 Å². The first-order valence-corrected chi connectivity index (χ1v) is 8.05. The van der Waals surface area contributed by atoms with Crippen molar-refractivity contribution < 1.29 is 24.5 Å². The van der Waals surface area contributed by atoms with Crippen molar-refractivity contribution in [2.45, 2.75) is 77.0 Å². The number of hydrogen-bond acceptors (Lipinski definition) is 4. The number of likely N-dealkylation sites (tertiary alicyclic amines) is 1. The minimum absolute atomic E-state index is 0.00224. The second-order valence-electron chi connectivity index (χ2n) is 7.56. The van der Waals surface area contributed by atoms with E-state index in [0.29, 0.717) is 6.42 Å². The molecule has 2 rings (SSSR count). The maximum absolute atomic E-state index is 12.3. The molecule has 0 radical (unpaired) electrons. The Labute approximate surface area is 131 Å². The van der Waals surface area contributed by atoms with Crippen molar-refractivity contribution in [2.75, 3.05) is 6.61 Å². The van der Waals surface area contributed by atoms with Crippen LogP contribution < -0.4 is 0 Å². The highest BCUT2D eigenvalue weighted by Gasteiger charge is 2.67. The van der Waals surface area contributed by atoms with Crippen molar-refractivity contribution >= 4 is 12.1 Å². The van der Waals surface area contributed by atoms with Crippen LogP contribution in [0.3, 0.4) is 0 Å². The number of ether oxygens (including phenoxy) is 1. The first kappa shape index (κ1) is 17.1. The molecule has 2 aliphatic rings. The molecular formula is C16H27NO5. The Morgan fingerprint density at radius 3 is 2.45 bits per heavy atom. The maximum Gasteiger partial charge on any atom is 0.411 e. The lowest BCUT2D eigenvalue weighted by Gasteiger charge is -2.28. The average molecular weight is 313 g/mol.